The van der Waals surface area contributed by atoms with Crippen LogP contribution in [-0.4, -0.2) is 24.3 Å². The first-order valence-corrected chi connectivity index (χ1v) is 14.1. The Morgan fingerprint density at radius 3 is 1.71 bits per heavy atom. The molecule has 0 fully saturated rings. The van der Waals surface area contributed by atoms with E-state index in [0.29, 0.717) is 28.2 Å². The largest absolute Gasteiger partial charge is 0.489 e. The number of halogens is 2. The van der Waals surface area contributed by atoms with E-state index in [2.05, 4.69) is 54.6 Å². The van der Waals surface area contributed by atoms with Gasteiger partial charge in [-0.15, -0.1) is 0 Å². The quantitative estimate of drug-likeness (QED) is 0.175. The number of ether oxygens (including phenoxy) is 2. The molecule has 0 unspecified atom stereocenters. The summed E-state index contributed by atoms with van der Waals surface area (Å²) in [4.78, 5) is 10.8. The molecular weight excluding hydrogens is 567 g/mol. The molecule has 5 aromatic carbocycles. The first-order valence-electron chi connectivity index (χ1n) is 13.4. The summed E-state index contributed by atoms with van der Waals surface area (Å²) >= 11 is 12.4. The summed E-state index contributed by atoms with van der Waals surface area (Å²) in [6.07, 6.45) is 2.06. The van der Waals surface area contributed by atoms with Gasteiger partial charge in [0.2, 0.25) is 0 Å². The highest BCUT2D eigenvalue weighted by molar-refractivity contribution is 6.31. The molecule has 0 aromatic heterocycles. The van der Waals surface area contributed by atoms with Crippen molar-refractivity contribution in [2.24, 2.45) is 0 Å². The van der Waals surface area contributed by atoms with Crippen LogP contribution in [0.15, 0.2) is 121 Å². The lowest BCUT2D eigenvalue weighted by molar-refractivity contribution is -0.139. The fourth-order valence-corrected chi connectivity index (χ4v) is 5.04. The van der Waals surface area contributed by atoms with Gasteiger partial charge in [-0.2, -0.15) is 0 Å². The van der Waals surface area contributed by atoms with Crippen molar-refractivity contribution in [2.45, 2.75) is 6.92 Å². The van der Waals surface area contributed by atoms with Crippen molar-refractivity contribution in [1.82, 2.24) is 0 Å². The van der Waals surface area contributed by atoms with E-state index in [9.17, 15) is 4.79 Å². The van der Waals surface area contributed by atoms with E-state index in [4.69, 9.17) is 37.8 Å². The second-order valence-electron chi connectivity index (χ2n) is 9.71. The minimum Gasteiger partial charge on any atom is -0.489 e. The van der Waals surface area contributed by atoms with E-state index in [1.165, 1.54) is 0 Å². The van der Waals surface area contributed by atoms with Gasteiger partial charge in [-0.1, -0.05) is 96.0 Å². The van der Waals surface area contributed by atoms with Crippen LogP contribution in [0.3, 0.4) is 0 Å². The summed E-state index contributed by atoms with van der Waals surface area (Å²) in [5.74, 6) is 0.160. The van der Waals surface area contributed by atoms with Gasteiger partial charge in [-0.05, 0) is 100.0 Å². The summed E-state index contributed by atoms with van der Waals surface area (Å²) in [6.45, 7) is 1.80. The van der Waals surface area contributed by atoms with Crippen LogP contribution in [0.2, 0.25) is 10.0 Å². The highest BCUT2D eigenvalue weighted by Crippen LogP contribution is 2.31. The Morgan fingerprint density at radius 2 is 1.24 bits per heavy atom. The van der Waals surface area contributed by atoms with Gasteiger partial charge in [0.15, 0.2) is 6.61 Å². The number of aliphatic carboxylic acids is 1. The van der Waals surface area contributed by atoms with Crippen LogP contribution < -0.4 is 9.47 Å². The van der Waals surface area contributed by atoms with Crippen molar-refractivity contribution in [2.75, 3.05) is 13.2 Å². The van der Waals surface area contributed by atoms with Crippen molar-refractivity contribution >= 4 is 34.7 Å². The average Bonchev–Trinajstić information content (AvgIpc) is 2.99. The SMILES string of the molecule is Cc1cc(OCC=C(c2ccc(-c3cccc(Cl)c3)cc2)c2ccc(-c3cccc(Cl)c3)cc2)ccc1OCC(=O)O. The minimum atomic E-state index is -1.02. The molecule has 6 heteroatoms. The number of hydrogen-bond donors (Lipinski definition) is 1. The van der Waals surface area contributed by atoms with Gasteiger partial charge in [-0.3, -0.25) is 0 Å². The molecule has 0 saturated heterocycles. The monoisotopic (exact) mass is 594 g/mol. The predicted octanol–water partition coefficient (Wildman–Crippen LogP) is 9.61. The normalized spacial score (nSPS) is 10.6. The van der Waals surface area contributed by atoms with Gasteiger partial charge in [0.05, 0.1) is 0 Å². The van der Waals surface area contributed by atoms with Crippen LogP contribution in [0.5, 0.6) is 11.5 Å². The molecule has 0 spiro atoms. The van der Waals surface area contributed by atoms with Crippen LogP contribution in [-0.2, 0) is 4.79 Å². The Kier molecular flexibility index (Phi) is 9.28. The summed E-state index contributed by atoms with van der Waals surface area (Å²) in [6, 6.07) is 37.7. The van der Waals surface area contributed by atoms with Crippen LogP contribution in [0.25, 0.3) is 27.8 Å². The molecule has 0 atom stereocenters. The topological polar surface area (TPSA) is 55.8 Å². The highest BCUT2D eigenvalue weighted by Gasteiger charge is 2.09. The van der Waals surface area contributed by atoms with E-state index >= 15 is 0 Å². The highest BCUT2D eigenvalue weighted by atomic mass is 35.5. The molecule has 0 heterocycles. The molecule has 4 nitrogen and oxygen atoms in total. The lowest BCUT2D eigenvalue weighted by Crippen LogP contribution is -2.10. The number of carboxylic acid groups (broad SMARTS) is 1. The van der Waals surface area contributed by atoms with E-state index < -0.39 is 5.97 Å². The second-order valence-corrected chi connectivity index (χ2v) is 10.6. The first kappa shape index (κ1) is 29.0. The molecule has 0 bridgehead atoms. The lowest BCUT2D eigenvalue weighted by Gasteiger charge is -2.13. The first-order chi connectivity index (χ1) is 20.4. The Labute approximate surface area is 255 Å². The smallest absolute Gasteiger partial charge is 0.341 e. The molecule has 42 heavy (non-hydrogen) atoms. The molecule has 0 aliphatic heterocycles. The Bertz CT molecular complexity index is 1630. The molecule has 5 aromatic rings. The van der Waals surface area contributed by atoms with Gasteiger partial charge < -0.3 is 14.6 Å². The Hall–Kier alpha value is -4.51. The maximum atomic E-state index is 10.8. The fraction of sp³-hybridized carbons (Fsp3) is 0.0833. The van der Waals surface area contributed by atoms with E-state index in [1.807, 2.05) is 61.5 Å². The zero-order chi connectivity index (χ0) is 29.5. The number of aryl methyl sites for hydroxylation is 1. The number of carbonyl (C=O) groups is 1. The number of benzene rings is 5. The van der Waals surface area contributed by atoms with Crippen molar-refractivity contribution < 1.29 is 19.4 Å². The summed E-state index contributed by atoms with van der Waals surface area (Å²) < 4.78 is 11.4. The molecule has 0 aliphatic rings. The molecule has 1 N–H and O–H groups in total. The summed E-state index contributed by atoms with van der Waals surface area (Å²) in [5, 5.41) is 10.3. The third-order valence-corrected chi connectivity index (χ3v) is 7.21. The maximum Gasteiger partial charge on any atom is 0.341 e. The predicted molar refractivity (Wildman–Crippen MR) is 171 cm³/mol. The van der Waals surface area contributed by atoms with Gasteiger partial charge >= 0.3 is 5.97 Å². The fourth-order valence-electron chi connectivity index (χ4n) is 4.66. The van der Waals surface area contributed by atoms with Gasteiger partial charge in [0.25, 0.3) is 0 Å². The second kappa shape index (κ2) is 13.4. The molecule has 210 valence electrons. The molecular formula is C36H28Cl2O4. The van der Waals surface area contributed by atoms with E-state index in [-0.39, 0.29) is 6.61 Å². The van der Waals surface area contributed by atoms with Crippen molar-refractivity contribution in [3.8, 4) is 33.8 Å². The van der Waals surface area contributed by atoms with Crippen molar-refractivity contribution in [1.29, 1.82) is 0 Å². The summed E-state index contributed by atoms with van der Waals surface area (Å²) in [7, 11) is 0. The molecule has 0 aliphatic carbocycles. The van der Waals surface area contributed by atoms with Crippen molar-refractivity contribution in [3.05, 3.63) is 148 Å². The van der Waals surface area contributed by atoms with Crippen LogP contribution >= 0.6 is 23.2 Å². The number of rotatable bonds is 10. The Morgan fingerprint density at radius 1 is 0.690 bits per heavy atom. The van der Waals surface area contributed by atoms with Gasteiger partial charge in [0.1, 0.15) is 18.1 Å². The van der Waals surface area contributed by atoms with Gasteiger partial charge in [0, 0.05) is 10.0 Å². The third-order valence-electron chi connectivity index (χ3n) is 6.74. The average molecular weight is 596 g/mol. The van der Waals surface area contributed by atoms with Gasteiger partial charge in [-0.25, -0.2) is 4.79 Å². The molecule has 5 rings (SSSR count). The standard InChI is InChI=1S/C36H28Cl2O4/c1-24-20-33(16-17-35(24)42-23-36(39)40)41-19-18-34(27-12-8-25(9-13-27)29-4-2-6-31(37)21-29)28-14-10-26(11-15-28)30-5-3-7-32(38)22-30/h2-18,20-22H,19,23H2,1H3,(H,39,40). The summed E-state index contributed by atoms with van der Waals surface area (Å²) in [5.41, 5.74) is 8.19. The van der Waals surface area contributed by atoms with Crippen LogP contribution in [0.4, 0.5) is 0 Å². The third kappa shape index (κ3) is 7.41. The molecule has 0 amide bonds. The zero-order valence-corrected chi connectivity index (χ0v) is 24.4. The number of carboxylic acids is 1. The zero-order valence-electron chi connectivity index (χ0n) is 22.9. The lowest BCUT2D eigenvalue weighted by atomic mass is 9.94. The van der Waals surface area contributed by atoms with Crippen LogP contribution in [0.1, 0.15) is 16.7 Å². The molecule has 0 saturated carbocycles. The molecule has 0 radical (unpaired) electrons. The minimum absolute atomic E-state index is 0.330. The van der Waals surface area contributed by atoms with E-state index in [0.717, 1.165) is 44.5 Å². The number of hydrogen-bond acceptors (Lipinski definition) is 3. The van der Waals surface area contributed by atoms with Crippen LogP contribution in [0, 0.1) is 6.92 Å². The van der Waals surface area contributed by atoms with E-state index in [1.54, 1.807) is 12.1 Å². The Balaban J connectivity index is 1.41. The van der Waals surface area contributed by atoms with Crippen molar-refractivity contribution in [3.63, 3.8) is 0 Å². The maximum absolute atomic E-state index is 10.8.